The first-order valence-electron chi connectivity index (χ1n) is 7.30. The van der Waals surface area contributed by atoms with Gasteiger partial charge >= 0.3 is 11.9 Å². The number of nitrogens with zero attached hydrogens (tertiary/aromatic N) is 2. The van der Waals surface area contributed by atoms with Crippen LogP contribution < -0.4 is 10.6 Å². The first-order chi connectivity index (χ1) is 12.0. The number of carbonyl (C=O) groups is 4. The number of aliphatic carboxylic acids is 2. The molecule has 2 unspecified atom stereocenters. The molecule has 6 N–H and O–H groups in total. The van der Waals surface area contributed by atoms with E-state index in [1.807, 2.05) is 10.6 Å². The van der Waals surface area contributed by atoms with Crippen molar-refractivity contribution >= 4 is 23.8 Å². The third-order valence-electron chi connectivity index (χ3n) is 2.52. The standard InChI is InChI=1S/C12H14N4O8/c17-3-7(11(21)22)15-9(19)5-1-13-6(2-14-5)10(20)16-8(4-18)12(23)24/h1-2,7-8,17-18H,3-4H2,(H,15,19)(H,16,20)(H,21,22)(H,23,24)/t7-,8-/m1/s1/i3D,4D/t3?,4?,7-,8-. The molecule has 0 aliphatic carbocycles. The van der Waals surface area contributed by atoms with Crippen LogP contribution in [-0.2, 0) is 9.59 Å². The molecular formula is C12H14N4O8. The Labute approximate surface area is 137 Å². The minimum absolute atomic E-state index is 0.441. The van der Waals surface area contributed by atoms with Gasteiger partial charge in [-0.15, -0.1) is 0 Å². The number of aromatic nitrogens is 2. The largest absolute Gasteiger partial charge is 0.480 e. The van der Waals surface area contributed by atoms with Crippen molar-refractivity contribution in [2.24, 2.45) is 0 Å². The number of amides is 2. The maximum Gasteiger partial charge on any atom is 0.328 e. The zero-order valence-corrected chi connectivity index (χ0v) is 11.8. The van der Waals surface area contributed by atoms with Crippen LogP contribution in [0.15, 0.2) is 12.4 Å². The first-order valence-corrected chi connectivity index (χ1v) is 6.14. The van der Waals surface area contributed by atoms with Crippen LogP contribution in [0.3, 0.4) is 0 Å². The molecule has 24 heavy (non-hydrogen) atoms. The van der Waals surface area contributed by atoms with E-state index in [9.17, 15) is 19.2 Å². The van der Waals surface area contributed by atoms with Crippen LogP contribution in [-0.4, -0.2) is 79.4 Å². The van der Waals surface area contributed by atoms with Gasteiger partial charge < -0.3 is 31.1 Å². The monoisotopic (exact) mass is 344 g/mol. The maximum atomic E-state index is 11.8. The van der Waals surface area contributed by atoms with Gasteiger partial charge in [0.2, 0.25) is 0 Å². The quantitative estimate of drug-likeness (QED) is 0.279. The summed E-state index contributed by atoms with van der Waals surface area (Å²) in [7, 11) is 0. The Kier molecular flexibility index (Phi) is 5.58. The van der Waals surface area contributed by atoms with Crippen LogP contribution in [0.5, 0.6) is 0 Å². The Hall–Kier alpha value is -3.12. The summed E-state index contributed by atoms with van der Waals surface area (Å²) >= 11 is 0. The molecular weight excluding hydrogens is 328 g/mol. The molecule has 0 bridgehead atoms. The number of nitrogens with one attached hydrogen (secondary N) is 2. The van der Waals surface area contributed by atoms with E-state index in [-0.39, 0.29) is 0 Å². The van der Waals surface area contributed by atoms with E-state index in [2.05, 4.69) is 9.97 Å². The average Bonchev–Trinajstić information content (AvgIpc) is 2.55. The van der Waals surface area contributed by atoms with Gasteiger partial charge in [-0.05, 0) is 0 Å². The summed E-state index contributed by atoms with van der Waals surface area (Å²) in [6.07, 6.45) is 1.54. The first kappa shape index (κ1) is 15.8. The van der Waals surface area contributed by atoms with E-state index in [4.69, 9.17) is 23.2 Å². The highest BCUT2D eigenvalue weighted by atomic mass is 16.4. The van der Waals surface area contributed by atoms with E-state index >= 15 is 0 Å². The molecule has 0 saturated heterocycles. The van der Waals surface area contributed by atoms with Crippen molar-refractivity contribution in [3.63, 3.8) is 0 Å². The second-order valence-electron chi connectivity index (χ2n) is 4.16. The second-order valence-corrected chi connectivity index (χ2v) is 4.16. The third kappa shape index (κ3) is 4.96. The minimum atomic E-state index is -2.13. The third-order valence-corrected chi connectivity index (χ3v) is 2.52. The van der Waals surface area contributed by atoms with Crippen molar-refractivity contribution in [2.45, 2.75) is 12.1 Å². The highest BCUT2D eigenvalue weighted by Gasteiger charge is 2.22. The highest BCUT2D eigenvalue weighted by Crippen LogP contribution is 1.98. The van der Waals surface area contributed by atoms with Crippen LogP contribution in [0.2, 0.25) is 0 Å². The van der Waals surface area contributed by atoms with E-state index < -0.39 is 60.4 Å². The van der Waals surface area contributed by atoms with Gasteiger partial charge in [-0.25, -0.2) is 19.6 Å². The zero-order chi connectivity index (χ0) is 20.0. The van der Waals surface area contributed by atoms with E-state index in [0.717, 1.165) is 12.4 Å². The highest BCUT2D eigenvalue weighted by molar-refractivity contribution is 5.97. The lowest BCUT2D eigenvalue weighted by molar-refractivity contribution is -0.141. The lowest BCUT2D eigenvalue weighted by atomic mass is 10.3. The number of hydrogen-bond acceptors (Lipinski definition) is 8. The molecule has 4 atom stereocenters. The number of aliphatic hydroxyl groups is 2. The Bertz CT molecular complexity index is 638. The summed E-state index contributed by atoms with van der Waals surface area (Å²) in [6, 6.07) is -3.83. The summed E-state index contributed by atoms with van der Waals surface area (Å²) < 4.78 is 13.9. The molecule has 0 aliphatic heterocycles. The zero-order valence-electron chi connectivity index (χ0n) is 13.8. The van der Waals surface area contributed by atoms with Gasteiger partial charge in [0.1, 0.15) is 11.4 Å². The molecule has 1 rings (SSSR count). The Morgan fingerprint density at radius 2 is 1.25 bits per heavy atom. The molecule has 0 saturated carbocycles. The number of rotatable bonds is 8. The topological polar surface area (TPSA) is 199 Å². The lowest BCUT2D eigenvalue weighted by Crippen LogP contribution is -2.44. The SMILES string of the molecule is [2H]C(O)[C@@H](NC(=O)c1cnc(C(=O)N[C@@H](C(=O)O)C([2H])O)cn1)C(=O)O. The summed E-state index contributed by atoms with van der Waals surface area (Å²) in [5.41, 5.74) is -0.882. The van der Waals surface area contributed by atoms with Crippen molar-refractivity contribution in [3.8, 4) is 0 Å². The molecule has 0 aliphatic rings. The molecule has 2 amide bonds. The Morgan fingerprint density at radius 1 is 0.917 bits per heavy atom. The van der Waals surface area contributed by atoms with Crippen molar-refractivity contribution in [3.05, 3.63) is 23.8 Å². The maximum absolute atomic E-state index is 11.8. The predicted octanol–water partition coefficient (Wildman–Crippen LogP) is -3.17. The predicted molar refractivity (Wildman–Crippen MR) is 74.0 cm³/mol. The number of carbonyl (C=O) groups excluding carboxylic acids is 2. The smallest absolute Gasteiger partial charge is 0.328 e. The minimum Gasteiger partial charge on any atom is -0.480 e. The van der Waals surface area contributed by atoms with Crippen molar-refractivity contribution < 1.29 is 42.3 Å². The summed E-state index contributed by atoms with van der Waals surface area (Å²) in [4.78, 5) is 52.3. The Morgan fingerprint density at radius 3 is 1.46 bits per heavy atom. The molecule has 12 nitrogen and oxygen atoms in total. The van der Waals surface area contributed by atoms with Gasteiger partial charge in [-0.2, -0.15) is 0 Å². The van der Waals surface area contributed by atoms with Crippen molar-refractivity contribution in [1.82, 2.24) is 20.6 Å². The molecule has 0 aromatic carbocycles. The van der Waals surface area contributed by atoms with E-state index in [0.29, 0.717) is 0 Å². The van der Waals surface area contributed by atoms with Crippen LogP contribution >= 0.6 is 0 Å². The van der Waals surface area contributed by atoms with Gasteiger partial charge in [0.25, 0.3) is 11.8 Å². The van der Waals surface area contributed by atoms with Crippen LogP contribution in [0.4, 0.5) is 0 Å². The van der Waals surface area contributed by atoms with Crippen LogP contribution in [0.25, 0.3) is 0 Å². The molecule has 130 valence electrons. The van der Waals surface area contributed by atoms with Gasteiger partial charge in [-0.1, -0.05) is 0 Å². The number of carboxylic acid groups (broad SMARTS) is 2. The normalized spacial score (nSPS) is 16.6. The van der Waals surface area contributed by atoms with Gasteiger partial charge in [0.05, 0.1) is 28.3 Å². The fourth-order valence-corrected chi connectivity index (χ4v) is 1.32. The summed E-state index contributed by atoms with van der Waals surface area (Å²) in [5, 5.41) is 39.1. The lowest BCUT2D eigenvalue weighted by Gasteiger charge is -2.12. The number of aliphatic hydroxyl groups excluding tert-OH is 2. The Balaban J connectivity index is 2.84. The fourth-order valence-electron chi connectivity index (χ4n) is 1.32. The van der Waals surface area contributed by atoms with Gasteiger partial charge in [-0.3, -0.25) is 9.59 Å². The second kappa shape index (κ2) is 8.50. The molecule has 1 heterocycles. The van der Waals surface area contributed by atoms with Gasteiger partial charge in [0, 0.05) is 0 Å². The molecule has 1 aromatic rings. The van der Waals surface area contributed by atoms with Crippen molar-refractivity contribution in [1.29, 1.82) is 0 Å². The molecule has 1 aromatic heterocycles. The molecule has 0 fully saturated rings. The van der Waals surface area contributed by atoms with Crippen LogP contribution in [0.1, 0.15) is 23.7 Å². The van der Waals surface area contributed by atoms with Crippen LogP contribution in [0, 0.1) is 0 Å². The summed E-state index contributed by atoms with van der Waals surface area (Å²) in [6.45, 7) is -4.25. The molecule has 12 heteroatoms. The molecule has 0 radical (unpaired) electrons. The fraction of sp³-hybridized carbons (Fsp3) is 0.333. The van der Waals surface area contributed by atoms with Crippen molar-refractivity contribution in [2.75, 3.05) is 13.2 Å². The average molecular weight is 344 g/mol. The number of carboxylic acids is 2. The number of hydrogen-bond donors (Lipinski definition) is 6. The van der Waals surface area contributed by atoms with E-state index in [1.54, 1.807) is 0 Å². The summed E-state index contributed by atoms with van der Waals surface area (Å²) in [5.74, 6) is -5.49. The molecule has 0 spiro atoms. The van der Waals surface area contributed by atoms with Gasteiger partial charge in [0.15, 0.2) is 12.1 Å². The van der Waals surface area contributed by atoms with E-state index in [1.165, 1.54) is 0 Å².